The van der Waals surface area contributed by atoms with Crippen molar-refractivity contribution in [1.29, 1.82) is 0 Å². The average molecular weight is 574 g/mol. The molecule has 4 aromatic rings. The summed E-state index contributed by atoms with van der Waals surface area (Å²) >= 11 is 6.21. The van der Waals surface area contributed by atoms with E-state index < -0.39 is 17.1 Å². The largest absolute Gasteiger partial charge is 0.493 e. The van der Waals surface area contributed by atoms with Crippen LogP contribution in [-0.4, -0.2) is 38.2 Å². The molecule has 1 fully saturated rings. The summed E-state index contributed by atoms with van der Waals surface area (Å²) < 4.78 is 23.0. The maximum absolute atomic E-state index is 14.7. The summed E-state index contributed by atoms with van der Waals surface area (Å²) in [6.45, 7) is 0.681. The molecule has 7 nitrogen and oxygen atoms in total. The summed E-state index contributed by atoms with van der Waals surface area (Å²) in [5.41, 5.74) is 2.34. The first-order valence-corrected chi connectivity index (χ1v) is 14.3. The van der Waals surface area contributed by atoms with Gasteiger partial charge < -0.3 is 23.5 Å². The summed E-state index contributed by atoms with van der Waals surface area (Å²) in [5.74, 6) is 1.74. The lowest BCUT2D eigenvalue weighted by Gasteiger charge is -2.42. The fourth-order valence-corrected chi connectivity index (χ4v) is 6.60. The Kier molecular flexibility index (Phi) is 7.39. The molecule has 0 radical (unpaired) electrons. The van der Waals surface area contributed by atoms with Gasteiger partial charge in [0.1, 0.15) is 17.9 Å². The molecule has 2 aliphatic rings. The molecule has 0 bridgehead atoms. The zero-order chi connectivity index (χ0) is 28.6. The van der Waals surface area contributed by atoms with Crippen molar-refractivity contribution >= 4 is 28.5 Å². The molecule has 2 heterocycles. The fourth-order valence-electron chi connectivity index (χ4n) is 6.47. The lowest BCUT2D eigenvalue weighted by molar-refractivity contribution is -0.141. The number of para-hydroxylation sites is 1. The number of nitrogens with zero attached hydrogens (tertiary/aromatic N) is 1. The minimum absolute atomic E-state index is 0.0868. The number of hydrogen-bond acceptors (Lipinski definition) is 6. The van der Waals surface area contributed by atoms with Crippen LogP contribution >= 0.6 is 11.6 Å². The predicted octanol–water partition coefficient (Wildman–Crippen LogP) is 6.48. The molecule has 41 heavy (non-hydrogen) atoms. The van der Waals surface area contributed by atoms with E-state index in [2.05, 4.69) is 0 Å². The summed E-state index contributed by atoms with van der Waals surface area (Å²) in [4.78, 5) is 29.0. The number of benzene rings is 3. The van der Waals surface area contributed by atoms with Crippen LogP contribution in [0.25, 0.3) is 11.0 Å². The Balaban J connectivity index is 1.42. The second kappa shape index (κ2) is 11.1. The molecule has 212 valence electrons. The standard InChI is InChI=1S/C33H32ClNO6/c1-38-29-17-21-13-16-35(32(37)33(14-5-6-15-33)22-9-11-23(34)12-10-22)26(25(21)18-30(29)39-2)20-40-28-19-31(36)41-27-8-4-3-7-24(27)28/h3-4,7-12,17-19,26H,5-6,13-16,20H2,1-2H3. The number of halogens is 1. The molecule has 0 N–H and O–H groups in total. The van der Waals surface area contributed by atoms with Crippen LogP contribution in [0.15, 0.2) is 75.9 Å². The summed E-state index contributed by atoms with van der Waals surface area (Å²) in [7, 11) is 3.22. The Morgan fingerprint density at radius 3 is 2.41 bits per heavy atom. The van der Waals surface area contributed by atoms with E-state index in [4.69, 9.17) is 30.2 Å². The first kappa shape index (κ1) is 27.2. The van der Waals surface area contributed by atoms with Gasteiger partial charge in [0, 0.05) is 11.6 Å². The Morgan fingerprint density at radius 2 is 1.68 bits per heavy atom. The molecule has 1 aromatic heterocycles. The van der Waals surface area contributed by atoms with E-state index in [1.165, 1.54) is 6.07 Å². The van der Waals surface area contributed by atoms with Crippen molar-refractivity contribution in [3.8, 4) is 17.2 Å². The predicted molar refractivity (Wildman–Crippen MR) is 157 cm³/mol. The third-order valence-electron chi connectivity index (χ3n) is 8.54. The zero-order valence-electron chi connectivity index (χ0n) is 23.2. The van der Waals surface area contributed by atoms with E-state index in [9.17, 15) is 9.59 Å². The van der Waals surface area contributed by atoms with E-state index >= 15 is 0 Å². The molecule has 1 amide bonds. The van der Waals surface area contributed by atoms with E-state index in [1.54, 1.807) is 20.3 Å². The minimum atomic E-state index is -0.628. The number of amides is 1. The number of carbonyl (C=O) groups is 1. The summed E-state index contributed by atoms with van der Waals surface area (Å²) in [6, 6.07) is 19.8. The van der Waals surface area contributed by atoms with Crippen LogP contribution in [0.4, 0.5) is 0 Å². The van der Waals surface area contributed by atoms with Crippen molar-refractivity contribution in [2.75, 3.05) is 27.4 Å². The van der Waals surface area contributed by atoms with E-state index in [1.807, 2.05) is 59.5 Å². The third-order valence-corrected chi connectivity index (χ3v) is 8.79. The van der Waals surface area contributed by atoms with Crippen molar-refractivity contribution in [2.24, 2.45) is 0 Å². The SMILES string of the molecule is COc1cc2c(cc1OC)C(COc1cc(=O)oc3ccccc13)N(C(=O)C1(c3ccc(Cl)cc3)CCCC1)CC2. The molecule has 8 heteroatoms. The smallest absolute Gasteiger partial charge is 0.339 e. The van der Waals surface area contributed by atoms with Gasteiger partial charge in [-0.15, -0.1) is 0 Å². The van der Waals surface area contributed by atoms with Gasteiger partial charge in [-0.25, -0.2) is 4.79 Å². The Hall–Kier alpha value is -3.97. The van der Waals surface area contributed by atoms with Gasteiger partial charge in [-0.3, -0.25) is 4.79 Å². The normalized spacial score (nSPS) is 17.7. The Labute approximate surface area is 243 Å². The summed E-state index contributed by atoms with van der Waals surface area (Å²) in [5, 5.41) is 1.34. The highest BCUT2D eigenvalue weighted by Gasteiger charge is 2.47. The van der Waals surface area contributed by atoms with Gasteiger partial charge in [0.05, 0.1) is 37.1 Å². The van der Waals surface area contributed by atoms with Crippen molar-refractivity contribution in [3.05, 3.63) is 98.9 Å². The van der Waals surface area contributed by atoms with Gasteiger partial charge in [0.25, 0.3) is 0 Å². The first-order valence-electron chi connectivity index (χ1n) is 13.9. The second-order valence-electron chi connectivity index (χ2n) is 10.7. The number of rotatable bonds is 7. The molecule has 1 atom stereocenters. The molecular weight excluding hydrogens is 542 g/mol. The first-order chi connectivity index (χ1) is 19.9. The fraction of sp³-hybridized carbons (Fsp3) is 0.333. The number of hydrogen-bond donors (Lipinski definition) is 0. The number of carbonyl (C=O) groups excluding carboxylic acids is 1. The average Bonchev–Trinajstić information content (AvgIpc) is 3.50. The van der Waals surface area contributed by atoms with Crippen LogP contribution in [0.5, 0.6) is 17.2 Å². The number of fused-ring (bicyclic) bond motifs is 2. The highest BCUT2D eigenvalue weighted by Crippen LogP contribution is 2.46. The lowest BCUT2D eigenvalue weighted by atomic mass is 9.76. The number of ether oxygens (including phenoxy) is 3. The zero-order valence-corrected chi connectivity index (χ0v) is 23.9. The maximum atomic E-state index is 14.7. The third kappa shape index (κ3) is 4.93. The van der Waals surface area contributed by atoms with Crippen LogP contribution in [0, 0.1) is 0 Å². The topological polar surface area (TPSA) is 78.2 Å². The Morgan fingerprint density at radius 1 is 0.976 bits per heavy atom. The van der Waals surface area contributed by atoms with E-state index in [0.29, 0.717) is 46.2 Å². The van der Waals surface area contributed by atoms with Gasteiger partial charge in [-0.1, -0.05) is 48.7 Å². The molecular formula is C33H32ClNO6. The molecule has 0 spiro atoms. The lowest BCUT2D eigenvalue weighted by Crippen LogP contribution is -2.50. The van der Waals surface area contributed by atoms with Gasteiger partial charge in [-0.05, 0) is 72.4 Å². The van der Waals surface area contributed by atoms with Crippen molar-refractivity contribution in [3.63, 3.8) is 0 Å². The van der Waals surface area contributed by atoms with Crippen molar-refractivity contribution in [2.45, 2.75) is 43.6 Å². The summed E-state index contributed by atoms with van der Waals surface area (Å²) in [6.07, 6.45) is 4.20. The monoisotopic (exact) mass is 573 g/mol. The van der Waals surface area contributed by atoms with E-state index in [0.717, 1.165) is 42.4 Å². The molecule has 3 aromatic carbocycles. The van der Waals surface area contributed by atoms with Crippen LogP contribution in [0.2, 0.25) is 5.02 Å². The molecule has 0 saturated heterocycles. The highest BCUT2D eigenvalue weighted by atomic mass is 35.5. The molecule has 1 aliphatic carbocycles. The molecule has 1 saturated carbocycles. The maximum Gasteiger partial charge on any atom is 0.339 e. The van der Waals surface area contributed by atoms with Crippen LogP contribution < -0.4 is 19.8 Å². The van der Waals surface area contributed by atoms with Gasteiger partial charge in [-0.2, -0.15) is 0 Å². The quantitative estimate of drug-likeness (QED) is 0.235. The van der Waals surface area contributed by atoms with Gasteiger partial charge in [0.15, 0.2) is 11.5 Å². The van der Waals surface area contributed by atoms with Crippen molar-refractivity contribution in [1.82, 2.24) is 4.90 Å². The van der Waals surface area contributed by atoms with Gasteiger partial charge in [0.2, 0.25) is 5.91 Å². The van der Waals surface area contributed by atoms with Crippen LogP contribution in [-0.2, 0) is 16.6 Å². The number of methoxy groups -OCH3 is 2. The van der Waals surface area contributed by atoms with Crippen LogP contribution in [0.1, 0.15) is 48.4 Å². The van der Waals surface area contributed by atoms with Crippen LogP contribution in [0.3, 0.4) is 0 Å². The molecule has 1 aliphatic heterocycles. The highest BCUT2D eigenvalue weighted by molar-refractivity contribution is 6.30. The second-order valence-corrected chi connectivity index (χ2v) is 11.1. The van der Waals surface area contributed by atoms with Gasteiger partial charge >= 0.3 is 5.63 Å². The molecule has 6 rings (SSSR count). The minimum Gasteiger partial charge on any atom is -0.493 e. The van der Waals surface area contributed by atoms with Crippen molar-refractivity contribution < 1.29 is 23.4 Å². The van der Waals surface area contributed by atoms with E-state index in [-0.39, 0.29) is 12.5 Å². The Bertz CT molecular complexity index is 1640. The molecule has 1 unspecified atom stereocenters.